The molecule has 1 aromatic heterocycles. The number of nitrogens with zero attached hydrogens (tertiary/aromatic N) is 1. The molecule has 0 bridgehead atoms. The van der Waals surface area contributed by atoms with Gasteiger partial charge in [-0.2, -0.15) is 0 Å². The van der Waals surface area contributed by atoms with Crippen molar-refractivity contribution in [3.05, 3.63) is 69.6 Å². The number of hydrogen-bond acceptors (Lipinski definition) is 3. The van der Waals surface area contributed by atoms with E-state index in [4.69, 9.17) is 11.6 Å². The van der Waals surface area contributed by atoms with Crippen molar-refractivity contribution in [3.63, 3.8) is 0 Å². The van der Waals surface area contributed by atoms with Gasteiger partial charge in [0.25, 0.3) is 11.5 Å². The topological polar surface area (TPSA) is 68.2 Å². The predicted molar refractivity (Wildman–Crippen MR) is 107 cm³/mol. The monoisotopic (exact) mass is 388 g/mol. The van der Waals surface area contributed by atoms with Gasteiger partial charge in [0.2, 0.25) is 0 Å². The van der Waals surface area contributed by atoms with E-state index < -0.39 is 23.3 Å². The molecule has 144 valence electrons. The van der Waals surface area contributed by atoms with E-state index >= 15 is 0 Å². The first-order valence-electron chi connectivity index (χ1n) is 9.29. The Balaban J connectivity index is 2.16. The van der Waals surface area contributed by atoms with E-state index in [0.29, 0.717) is 17.1 Å². The van der Waals surface area contributed by atoms with Gasteiger partial charge in [-0.15, -0.1) is 0 Å². The first kappa shape index (κ1) is 20.9. The molecule has 0 aliphatic heterocycles. The molecule has 0 aliphatic carbocycles. The average molecular weight is 389 g/mol. The van der Waals surface area contributed by atoms with Crippen LogP contribution in [0.15, 0.2) is 53.5 Å². The zero-order valence-corrected chi connectivity index (χ0v) is 16.2. The molecule has 2 rings (SSSR count). The molecule has 0 saturated heterocycles. The number of rotatable bonds is 10. The number of amides is 1. The van der Waals surface area contributed by atoms with Crippen LogP contribution in [0.3, 0.4) is 0 Å². The van der Waals surface area contributed by atoms with Gasteiger partial charge in [-0.3, -0.25) is 19.0 Å². The molecule has 5 nitrogen and oxygen atoms in total. The van der Waals surface area contributed by atoms with Crippen LogP contribution >= 0.6 is 11.6 Å². The second-order valence-electron chi connectivity index (χ2n) is 6.43. The molecule has 1 heterocycles. The third kappa shape index (κ3) is 6.07. The third-order valence-corrected chi connectivity index (χ3v) is 4.59. The Bertz CT molecular complexity index is 815. The lowest BCUT2D eigenvalue weighted by Crippen LogP contribution is -2.41. The lowest BCUT2D eigenvalue weighted by atomic mass is 10.0. The SMILES string of the molecule is CCCCCCCNC(=O)[C@@H](C(=O)c1ccc(Cl)cc1)n1ccccc1=O. The Hall–Kier alpha value is -2.40. The molecule has 0 unspecified atom stereocenters. The highest BCUT2D eigenvalue weighted by Gasteiger charge is 2.29. The molecular weight excluding hydrogens is 364 g/mol. The van der Waals surface area contributed by atoms with Crippen molar-refractivity contribution in [2.45, 2.75) is 45.1 Å². The number of aromatic nitrogens is 1. The van der Waals surface area contributed by atoms with Crippen molar-refractivity contribution in [1.29, 1.82) is 0 Å². The van der Waals surface area contributed by atoms with Gasteiger partial charge in [-0.25, -0.2) is 0 Å². The summed E-state index contributed by atoms with van der Waals surface area (Å²) in [6, 6.07) is 9.59. The number of pyridine rings is 1. The van der Waals surface area contributed by atoms with Gasteiger partial charge in [-0.1, -0.05) is 50.3 Å². The van der Waals surface area contributed by atoms with E-state index in [9.17, 15) is 14.4 Å². The number of nitrogens with one attached hydrogen (secondary N) is 1. The highest BCUT2D eigenvalue weighted by Crippen LogP contribution is 2.16. The zero-order chi connectivity index (χ0) is 19.6. The van der Waals surface area contributed by atoms with Crippen molar-refractivity contribution in [2.24, 2.45) is 0 Å². The van der Waals surface area contributed by atoms with Gasteiger partial charge < -0.3 is 5.32 Å². The molecule has 1 atom stereocenters. The van der Waals surface area contributed by atoms with E-state index in [1.165, 1.54) is 23.3 Å². The van der Waals surface area contributed by atoms with Gasteiger partial charge in [0, 0.05) is 29.4 Å². The van der Waals surface area contributed by atoms with Crippen LogP contribution in [0, 0.1) is 0 Å². The van der Waals surface area contributed by atoms with Gasteiger partial charge >= 0.3 is 0 Å². The summed E-state index contributed by atoms with van der Waals surface area (Å²) in [6.45, 7) is 2.63. The molecule has 6 heteroatoms. The van der Waals surface area contributed by atoms with E-state index in [1.807, 2.05) is 0 Å². The lowest BCUT2D eigenvalue weighted by molar-refractivity contribution is -0.123. The lowest BCUT2D eigenvalue weighted by Gasteiger charge is -2.18. The minimum Gasteiger partial charge on any atom is -0.354 e. The number of carbonyl (C=O) groups is 2. The fraction of sp³-hybridized carbons (Fsp3) is 0.381. The van der Waals surface area contributed by atoms with Crippen LogP contribution in [0.5, 0.6) is 0 Å². The Morgan fingerprint density at radius 2 is 1.74 bits per heavy atom. The second-order valence-corrected chi connectivity index (χ2v) is 6.86. The minimum absolute atomic E-state index is 0.332. The molecule has 1 amide bonds. The fourth-order valence-electron chi connectivity index (χ4n) is 2.83. The first-order valence-corrected chi connectivity index (χ1v) is 9.67. The summed E-state index contributed by atoms with van der Waals surface area (Å²) >= 11 is 5.88. The quantitative estimate of drug-likeness (QED) is 0.380. The van der Waals surface area contributed by atoms with Crippen molar-refractivity contribution in [3.8, 4) is 0 Å². The number of halogens is 1. The van der Waals surface area contributed by atoms with E-state index in [1.54, 1.807) is 36.4 Å². The average Bonchev–Trinajstić information content (AvgIpc) is 2.67. The number of carbonyl (C=O) groups excluding carboxylic acids is 2. The number of hydrogen-bond donors (Lipinski definition) is 1. The third-order valence-electron chi connectivity index (χ3n) is 4.33. The molecule has 0 radical (unpaired) electrons. The largest absolute Gasteiger partial charge is 0.354 e. The Kier molecular flexibility index (Phi) is 8.27. The zero-order valence-electron chi connectivity index (χ0n) is 15.5. The van der Waals surface area contributed by atoms with Crippen LogP contribution in [0.2, 0.25) is 5.02 Å². The number of unbranched alkanes of at least 4 members (excludes halogenated alkanes) is 4. The molecule has 27 heavy (non-hydrogen) atoms. The molecule has 0 spiro atoms. The Morgan fingerprint density at radius 3 is 2.41 bits per heavy atom. The van der Waals surface area contributed by atoms with Crippen LogP contribution < -0.4 is 10.9 Å². The Morgan fingerprint density at radius 1 is 1.04 bits per heavy atom. The van der Waals surface area contributed by atoms with Gasteiger partial charge in [-0.05, 0) is 36.8 Å². The molecular formula is C21H25ClN2O3. The molecule has 0 saturated carbocycles. The maximum absolute atomic E-state index is 13.0. The molecule has 1 N–H and O–H groups in total. The van der Waals surface area contributed by atoms with Gasteiger partial charge in [0.15, 0.2) is 11.8 Å². The maximum Gasteiger partial charge on any atom is 0.251 e. The van der Waals surface area contributed by atoms with Crippen LogP contribution in [-0.4, -0.2) is 22.8 Å². The summed E-state index contributed by atoms with van der Waals surface area (Å²) in [5.74, 6) is -0.915. The highest BCUT2D eigenvalue weighted by molar-refractivity contribution is 6.30. The summed E-state index contributed by atoms with van der Waals surface area (Å²) in [7, 11) is 0. The molecule has 1 aromatic carbocycles. The van der Waals surface area contributed by atoms with Crippen molar-refractivity contribution in [2.75, 3.05) is 6.54 Å². The van der Waals surface area contributed by atoms with E-state index in [2.05, 4.69) is 12.2 Å². The molecule has 0 aliphatic rings. The maximum atomic E-state index is 13.0. The van der Waals surface area contributed by atoms with Crippen LogP contribution in [0.4, 0.5) is 0 Å². The summed E-state index contributed by atoms with van der Waals surface area (Å²) in [4.78, 5) is 37.9. The number of Topliss-reactive ketones (excluding diaryl/α,β-unsaturated/α-hetero) is 1. The van der Waals surface area contributed by atoms with Gasteiger partial charge in [0.05, 0.1) is 0 Å². The van der Waals surface area contributed by atoms with Gasteiger partial charge in [0.1, 0.15) is 0 Å². The Labute approximate surface area is 164 Å². The fourth-order valence-corrected chi connectivity index (χ4v) is 2.96. The molecule has 2 aromatic rings. The summed E-state index contributed by atoms with van der Waals surface area (Å²) in [6.07, 6.45) is 6.78. The van der Waals surface area contributed by atoms with Crippen molar-refractivity contribution >= 4 is 23.3 Å². The molecule has 0 fully saturated rings. The van der Waals surface area contributed by atoms with Crippen LogP contribution in [-0.2, 0) is 4.79 Å². The highest BCUT2D eigenvalue weighted by atomic mass is 35.5. The van der Waals surface area contributed by atoms with Crippen LogP contribution in [0.25, 0.3) is 0 Å². The number of benzene rings is 1. The summed E-state index contributed by atoms with van der Waals surface area (Å²) in [5, 5.41) is 3.30. The summed E-state index contributed by atoms with van der Waals surface area (Å²) < 4.78 is 1.17. The van der Waals surface area contributed by atoms with E-state index in [0.717, 1.165) is 25.7 Å². The van der Waals surface area contributed by atoms with Crippen molar-refractivity contribution < 1.29 is 9.59 Å². The van der Waals surface area contributed by atoms with E-state index in [-0.39, 0.29) is 0 Å². The standard InChI is InChI=1S/C21H25ClN2O3/c1-2-3-4-5-7-14-23-21(27)19(24-15-8-6-9-18(24)25)20(26)16-10-12-17(22)13-11-16/h6,8-13,15,19H,2-5,7,14H2,1H3,(H,23,27)/t19-/m1/s1. The minimum atomic E-state index is -1.24. The summed E-state index contributed by atoms with van der Waals surface area (Å²) in [5.41, 5.74) is -0.0684. The number of ketones is 1. The normalized spacial score (nSPS) is 11.8. The predicted octanol–water partition coefficient (Wildman–Crippen LogP) is 4.01. The van der Waals surface area contributed by atoms with Crippen LogP contribution in [0.1, 0.15) is 55.4 Å². The smallest absolute Gasteiger partial charge is 0.251 e. The van der Waals surface area contributed by atoms with Crippen molar-refractivity contribution in [1.82, 2.24) is 9.88 Å². The second kappa shape index (κ2) is 10.7. The first-order chi connectivity index (χ1) is 13.0.